The van der Waals surface area contributed by atoms with Crippen molar-refractivity contribution in [3.05, 3.63) is 77.5 Å². The Labute approximate surface area is 215 Å². The van der Waals surface area contributed by atoms with E-state index in [-0.39, 0.29) is 16.4 Å². The Kier molecular flexibility index (Phi) is 7.69. The lowest BCUT2D eigenvalue weighted by atomic mass is 10.2. The minimum atomic E-state index is -0.952. The van der Waals surface area contributed by atoms with Crippen molar-refractivity contribution in [2.45, 2.75) is 6.42 Å². The maximum Gasteiger partial charge on any atom is 0.233 e. The van der Waals surface area contributed by atoms with E-state index in [1.807, 2.05) is 0 Å². The van der Waals surface area contributed by atoms with Gasteiger partial charge in [0.25, 0.3) is 0 Å². The second-order valence-corrected chi connectivity index (χ2v) is 8.08. The maximum absolute atomic E-state index is 13.7. The van der Waals surface area contributed by atoms with Gasteiger partial charge in [-0.25, -0.2) is 8.78 Å². The molecule has 0 spiro atoms. The van der Waals surface area contributed by atoms with E-state index in [4.69, 9.17) is 25.8 Å². The van der Waals surface area contributed by atoms with Crippen molar-refractivity contribution < 1.29 is 32.6 Å². The lowest BCUT2D eigenvalue weighted by Crippen LogP contribution is -2.22. The molecular weight excluding hydrogens is 508 g/mol. The highest BCUT2D eigenvalue weighted by atomic mass is 35.5. The zero-order chi connectivity index (χ0) is 26.5. The molecule has 1 aromatic heterocycles. The lowest BCUT2D eigenvalue weighted by Gasteiger charge is -2.13. The Bertz CT molecular complexity index is 1500. The van der Waals surface area contributed by atoms with Gasteiger partial charge in [-0.05, 0) is 36.4 Å². The molecule has 8 nitrogen and oxygen atoms in total. The predicted molar refractivity (Wildman–Crippen MR) is 135 cm³/mol. The number of ether oxygens (including phenoxy) is 3. The van der Waals surface area contributed by atoms with Crippen LogP contribution < -0.4 is 24.8 Å². The monoisotopic (exact) mass is 527 g/mol. The number of benzene rings is 3. The molecule has 11 heteroatoms. The Morgan fingerprint density at radius 1 is 0.865 bits per heavy atom. The number of nitrogens with zero attached hydrogens (tertiary/aromatic N) is 1. The van der Waals surface area contributed by atoms with Crippen LogP contribution in [-0.4, -0.2) is 31.0 Å². The molecule has 190 valence electrons. The Balaban J connectivity index is 1.44. The number of aromatic nitrogens is 1. The molecule has 0 radical (unpaired) electrons. The fourth-order valence-electron chi connectivity index (χ4n) is 3.45. The summed E-state index contributed by atoms with van der Waals surface area (Å²) in [6.07, 6.45) is 0.975. The number of pyridine rings is 1. The number of amides is 2. The predicted octanol–water partition coefficient (Wildman–Crippen LogP) is 5.94. The van der Waals surface area contributed by atoms with Gasteiger partial charge in [-0.3, -0.25) is 14.6 Å². The summed E-state index contributed by atoms with van der Waals surface area (Å²) in [5.74, 6) is -1.29. The van der Waals surface area contributed by atoms with Crippen molar-refractivity contribution in [2.24, 2.45) is 0 Å². The molecule has 4 aromatic rings. The van der Waals surface area contributed by atoms with E-state index in [0.29, 0.717) is 40.0 Å². The molecule has 4 rings (SSSR count). The molecule has 0 fully saturated rings. The van der Waals surface area contributed by atoms with Gasteiger partial charge in [0.1, 0.15) is 29.6 Å². The van der Waals surface area contributed by atoms with Crippen LogP contribution in [0.1, 0.15) is 6.42 Å². The van der Waals surface area contributed by atoms with Crippen molar-refractivity contribution in [1.29, 1.82) is 0 Å². The highest BCUT2D eigenvalue weighted by Gasteiger charge is 2.15. The number of carbonyl (C=O) groups excluding carboxylic acids is 2. The van der Waals surface area contributed by atoms with Crippen LogP contribution in [0, 0.1) is 11.6 Å². The van der Waals surface area contributed by atoms with Crippen molar-refractivity contribution in [3.8, 4) is 23.0 Å². The summed E-state index contributed by atoms with van der Waals surface area (Å²) >= 11 is 6.32. The van der Waals surface area contributed by atoms with E-state index in [1.165, 1.54) is 26.4 Å². The summed E-state index contributed by atoms with van der Waals surface area (Å²) in [5, 5.41) is 5.57. The highest BCUT2D eigenvalue weighted by molar-refractivity contribution is 6.34. The van der Waals surface area contributed by atoms with Crippen molar-refractivity contribution in [1.82, 2.24) is 4.98 Å². The van der Waals surface area contributed by atoms with Gasteiger partial charge in [0.05, 0.1) is 36.1 Å². The van der Waals surface area contributed by atoms with Gasteiger partial charge in [0.15, 0.2) is 11.5 Å². The van der Waals surface area contributed by atoms with Crippen LogP contribution in [0.4, 0.5) is 20.2 Å². The minimum Gasteiger partial charge on any atom is -0.493 e. The molecule has 0 bridgehead atoms. The zero-order valence-electron chi connectivity index (χ0n) is 19.6. The molecule has 37 heavy (non-hydrogen) atoms. The van der Waals surface area contributed by atoms with Crippen LogP contribution in [0.2, 0.25) is 5.02 Å². The lowest BCUT2D eigenvalue weighted by molar-refractivity contribution is -0.123. The van der Waals surface area contributed by atoms with E-state index in [1.54, 1.807) is 30.5 Å². The zero-order valence-corrected chi connectivity index (χ0v) is 20.4. The van der Waals surface area contributed by atoms with E-state index >= 15 is 0 Å². The molecule has 0 aliphatic rings. The fraction of sp³-hybridized carbons (Fsp3) is 0.115. The summed E-state index contributed by atoms with van der Waals surface area (Å²) in [5.41, 5.74) is 0.633. The van der Waals surface area contributed by atoms with Crippen LogP contribution in [0.25, 0.3) is 10.9 Å². The third kappa shape index (κ3) is 6.04. The summed E-state index contributed by atoms with van der Waals surface area (Å²) in [6, 6.07) is 12.4. The molecule has 2 N–H and O–H groups in total. The van der Waals surface area contributed by atoms with E-state index in [2.05, 4.69) is 15.6 Å². The number of halogens is 3. The van der Waals surface area contributed by atoms with Gasteiger partial charge < -0.3 is 24.8 Å². The number of methoxy groups -OCH3 is 2. The van der Waals surface area contributed by atoms with Crippen LogP contribution in [0.5, 0.6) is 23.0 Å². The molecule has 0 unspecified atom stereocenters. The molecule has 2 amide bonds. The Morgan fingerprint density at radius 3 is 2.22 bits per heavy atom. The third-order valence-electron chi connectivity index (χ3n) is 5.18. The summed E-state index contributed by atoms with van der Waals surface area (Å²) < 4.78 is 43.4. The first-order valence-corrected chi connectivity index (χ1v) is 11.2. The Morgan fingerprint density at radius 2 is 1.54 bits per heavy atom. The quantitative estimate of drug-likeness (QED) is 0.275. The molecule has 0 atom stereocenters. The van der Waals surface area contributed by atoms with E-state index < -0.39 is 29.9 Å². The van der Waals surface area contributed by atoms with Crippen LogP contribution in [-0.2, 0) is 9.59 Å². The standard InChI is InChI=1S/C26H20ClF2N3O5/c1-35-23-11-16-21(12-24(23)36-2)30-8-7-22(16)37-15-4-6-19(17(27)10-15)31-25(33)13-26(34)32-20-5-3-14(28)9-18(20)29/h3-12H,13H2,1-2H3,(H,31,33)(H,32,34). The number of carbonyl (C=O) groups is 2. The fourth-order valence-corrected chi connectivity index (χ4v) is 3.67. The topological polar surface area (TPSA) is 98.8 Å². The van der Waals surface area contributed by atoms with Crippen LogP contribution in [0.15, 0.2) is 60.8 Å². The summed E-state index contributed by atoms with van der Waals surface area (Å²) in [7, 11) is 3.06. The number of hydrogen-bond acceptors (Lipinski definition) is 6. The molecule has 0 saturated heterocycles. The molecular formula is C26H20ClF2N3O5. The SMILES string of the molecule is COc1cc2nccc(Oc3ccc(NC(=O)CC(=O)Nc4ccc(F)cc4F)c(Cl)c3)c2cc1OC. The normalized spacial score (nSPS) is 10.6. The van der Waals surface area contributed by atoms with Gasteiger partial charge in [-0.1, -0.05) is 11.6 Å². The number of hydrogen-bond donors (Lipinski definition) is 2. The maximum atomic E-state index is 13.7. The van der Waals surface area contributed by atoms with Crippen LogP contribution in [0.3, 0.4) is 0 Å². The van der Waals surface area contributed by atoms with Crippen molar-refractivity contribution in [3.63, 3.8) is 0 Å². The third-order valence-corrected chi connectivity index (χ3v) is 5.49. The van der Waals surface area contributed by atoms with E-state index in [0.717, 1.165) is 12.1 Å². The Hall–Kier alpha value is -4.44. The van der Waals surface area contributed by atoms with Gasteiger partial charge >= 0.3 is 0 Å². The average Bonchev–Trinajstić information content (AvgIpc) is 2.86. The number of rotatable bonds is 8. The number of anilines is 2. The summed E-state index contributed by atoms with van der Waals surface area (Å²) in [6.45, 7) is 0. The van der Waals surface area contributed by atoms with E-state index in [9.17, 15) is 18.4 Å². The molecule has 0 aliphatic carbocycles. The second kappa shape index (κ2) is 11.1. The second-order valence-electron chi connectivity index (χ2n) is 7.67. The minimum absolute atomic E-state index is 0.161. The smallest absolute Gasteiger partial charge is 0.233 e. The first-order chi connectivity index (χ1) is 17.8. The molecule has 0 saturated carbocycles. The van der Waals surface area contributed by atoms with Gasteiger partial charge in [-0.15, -0.1) is 0 Å². The van der Waals surface area contributed by atoms with Crippen LogP contribution >= 0.6 is 11.6 Å². The molecule has 1 heterocycles. The van der Waals surface area contributed by atoms with Crippen molar-refractivity contribution in [2.75, 3.05) is 24.9 Å². The van der Waals surface area contributed by atoms with Gasteiger partial charge in [-0.2, -0.15) is 0 Å². The van der Waals surface area contributed by atoms with Gasteiger partial charge in [0.2, 0.25) is 11.8 Å². The summed E-state index contributed by atoms with van der Waals surface area (Å²) in [4.78, 5) is 28.7. The average molecular weight is 528 g/mol. The largest absolute Gasteiger partial charge is 0.493 e. The first kappa shape index (κ1) is 25.6. The highest BCUT2D eigenvalue weighted by Crippen LogP contribution is 2.37. The number of nitrogens with one attached hydrogen (secondary N) is 2. The van der Waals surface area contributed by atoms with Crippen molar-refractivity contribution >= 4 is 45.7 Å². The molecule has 0 aliphatic heterocycles. The first-order valence-electron chi connectivity index (χ1n) is 10.8. The number of fused-ring (bicyclic) bond motifs is 1. The van der Waals surface area contributed by atoms with Gasteiger partial charge in [0, 0.05) is 29.8 Å². The molecule has 3 aromatic carbocycles.